The molecule has 0 radical (unpaired) electrons. The molecule has 0 aliphatic carbocycles. The van der Waals surface area contributed by atoms with Crippen molar-refractivity contribution in [3.05, 3.63) is 0 Å². The van der Waals surface area contributed by atoms with Crippen molar-refractivity contribution in [2.75, 3.05) is 26.2 Å². The molecule has 3 saturated heterocycles. The monoisotopic (exact) mass is 411 g/mol. The lowest BCUT2D eigenvalue weighted by atomic mass is 9.66. The van der Waals surface area contributed by atoms with E-state index in [9.17, 15) is 19.5 Å². The number of aliphatic hydroxyl groups excluding tert-OH is 1. The van der Waals surface area contributed by atoms with Gasteiger partial charge in [0.2, 0.25) is 17.7 Å². The molecule has 3 fully saturated rings. The number of rotatable bonds is 9. The zero-order valence-corrected chi connectivity index (χ0v) is 17.9. The van der Waals surface area contributed by atoms with Crippen molar-refractivity contribution >= 4 is 29.5 Å². The number of likely N-dealkylation sites (tertiary alicyclic amines) is 1. The van der Waals surface area contributed by atoms with Gasteiger partial charge in [-0.2, -0.15) is 0 Å². The molecule has 0 aromatic carbocycles. The van der Waals surface area contributed by atoms with Crippen molar-refractivity contribution in [1.29, 1.82) is 0 Å². The zero-order chi connectivity index (χ0) is 20.5. The van der Waals surface area contributed by atoms with Crippen LogP contribution in [0.25, 0.3) is 0 Å². The third-order valence-corrected chi connectivity index (χ3v) is 8.59. The van der Waals surface area contributed by atoms with Crippen molar-refractivity contribution in [2.45, 2.75) is 62.5 Å². The zero-order valence-electron chi connectivity index (χ0n) is 17.1. The predicted octanol–water partition coefficient (Wildman–Crippen LogP) is 0.758. The van der Waals surface area contributed by atoms with Crippen LogP contribution < -0.4 is 10.6 Å². The van der Waals surface area contributed by atoms with Gasteiger partial charge < -0.3 is 20.6 Å². The summed E-state index contributed by atoms with van der Waals surface area (Å²) in [6, 6.07) is -0.622. The van der Waals surface area contributed by atoms with Gasteiger partial charge in [0, 0.05) is 24.9 Å². The van der Waals surface area contributed by atoms with Gasteiger partial charge in [-0.05, 0) is 25.2 Å². The molecule has 8 heteroatoms. The van der Waals surface area contributed by atoms with E-state index < -0.39 is 22.6 Å². The molecule has 0 aromatic rings. The number of carbonyl (C=O) groups excluding carboxylic acids is 3. The Hall–Kier alpha value is -1.28. The van der Waals surface area contributed by atoms with Crippen molar-refractivity contribution in [2.24, 2.45) is 17.8 Å². The number of hydrogen-bond donors (Lipinski definition) is 3. The molecule has 0 aromatic heterocycles. The molecule has 7 nitrogen and oxygen atoms in total. The first-order valence-corrected chi connectivity index (χ1v) is 11.5. The van der Waals surface area contributed by atoms with Crippen LogP contribution in [0.4, 0.5) is 0 Å². The maximum atomic E-state index is 13.4. The first kappa shape index (κ1) is 21.4. The van der Waals surface area contributed by atoms with Gasteiger partial charge in [0.25, 0.3) is 0 Å². The average Bonchev–Trinajstić information content (AvgIpc) is 3.25. The molecule has 0 saturated carbocycles. The largest absolute Gasteiger partial charge is 0.395 e. The standard InChI is InChI=1S/C20H33N3O4S/c1-4-6-8-22-18(26)16-20-12(3)11-13(28-20)14(17(25)21-7-5-2)15(20)19(27)23(16)9-10-24/h12-16,24H,4-11H2,1-3H3,(H,21,25)(H,22,26)/t12?,13-,14+,15-,16?,20?/m0/s1. The quantitative estimate of drug-likeness (QED) is 0.487. The van der Waals surface area contributed by atoms with Crippen molar-refractivity contribution in [1.82, 2.24) is 15.5 Å². The number of nitrogens with zero attached hydrogens (tertiary/aromatic N) is 1. The van der Waals surface area contributed by atoms with Gasteiger partial charge in [-0.15, -0.1) is 11.8 Å². The first-order valence-electron chi connectivity index (χ1n) is 10.6. The fourth-order valence-corrected chi connectivity index (χ4v) is 7.74. The second kappa shape index (κ2) is 8.61. The van der Waals surface area contributed by atoms with Crippen LogP contribution in [0.3, 0.4) is 0 Å². The summed E-state index contributed by atoms with van der Waals surface area (Å²) in [5, 5.41) is 15.6. The summed E-state index contributed by atoms with van der Waals surface area (Å²) < 4.78 is -0.582. The average molecular weight is 412 g/mol. The highest BCUT2D eigenvalue weighted by Crippen LogP contribution is 2.68. The first-order chi connectivity index (χ1) is 13.4. The highest BCUT2D eigenvalue weighted by atomic mass is 32.2. The van der Waals surface area contributed by atoms with E-state index >= 15 is 0 Å². The topological polar surface area (TPSA) is 98.7 Å². The van der Waals surface area contributed by atoms with Gasteiger partial charge in [-0.1, -0.05) is 27.2 Å². The number of thioether (sulfide) groups is 1. The minimum atomic E-state index is -0.622. The summed E-state index contributed by atoms with van der Waals surface area (Å²) in [6.45, 7) is 7.27. The number of carbonyl (C=O) groups is 3. The van der Waals surface area contributed by atoms with E-state index in [1.165, 1.54) is 4.90 Å². The number of amides is 3. The Kier molecular flexibility index (Phi) is 6.59. The Morgan fingerprint density at radius 2 is 1.93 bits per heavy atom. The Bertz CT molecular complexity index is 631. The molecule has 3 aliphatic rings. The molecule has 3 amide bonds. The third-order valence-electron chi connectivity index (χ3n) is 6.52. The van der Waals surface area contributed by atoms with Gasteiger partial charge in [-0.25, -0.2) is 0 Å². The molecule has 3 heterocycles. The summed E-state index contributed by atoms with van der Waals surface area (Å²) in [5.74, 6) is -1.08. The molecular weight excluding hydrogens is 378 g/mol. The number of nitrogens with one attached hydrogen (secondary N) is 2. The van der Waals surface area contributed by atoms with Crippen LogP contribution in [0.15, 0.2) is 0 Å². The molecule has 28 heavy (non-hydrogen) atoms. The van der Waals surface area contributed by atoms with E-state index in [1.54, 1.807) is 11.8 Å². The van der Waals surface area contributed by atoms with Crippen LogP contribution >= 0.6 is 11.8 Å². The highest BCUT2D eigenvalue weighted by Gasteiger charge is 2.75. The molecule has 2 bridgehead atoms. The predicted molar refractivity (Wildman–Crippen MR) is 109 cm³/mol. The second-order valence-corrected chi connectivity index (χ2v) is 9.79. The van der Waals surface area contributed by atoms with Crippen LogP contribution in [0.1, 0.15) is 46.5 Å². The fraction of sp³-hybridized carbons (Fsp3) is 0.850. The van der Waals surface area contributed by atoms with Gasteiger partial charge >= 0.3 is 0 Å². The molecule has 3 aliphatic heterocycles. The maximum Gasteiger partial charge on any atom is 0.244 e. The summed E-state index contributed by atoms with van der Waals surface area (Å²) in [4.78, 5) is 41.0. The minimum Gasteiger partial charge on any atom is -0.395 e. The molecule has 3 N–H and O–H groups in total. The molecule has 6 atom stereocenters. The minimum absolute atomic E-state index is 0.0672. The smallest absolute Gasteiger partial charge is 0.244 e. The number of unbranched alkanes of at least 4 members (excludes halogenated alkanes) is 1. The summed E-state index contributed by atoms with van der Waals surface area (Å²) >= 11 is 1.67. The summed E-state index contributed by atoms with van der Waals surface area (Å²) in [7, 11) is 0. The Balaban J connectivity index is 1.93. The fourth-order valence-electron chi connectivity index (χ4n) is 5.32. The second-order valence-electron chi connectivity index (χ2n) is 8.24. The number of hydrogen-bond acceptors (Lipinski definition) is 5. The summed E-state index contributed by atoms with van der Waals surface area (Å²) in [6.07, 6.45) is 3.54. The Morgan fingerprint density at radius 1 is 1.21 bits per heavy atom. The van der Waals surface area contributed by atoms with E-state index in [0.717, 1.165) is 25.7 Å². The van der Waals surface area contributed by atoms with E-state index in [1.807, 2.05) is 6.92 Å². The highest BCUT2D eigenvalue weighted by molar-refractivity contribution is 8.02. The van der Waals surface area contributed by atoms with E-state index in [4.69, 9.17) is 0 Å². The van der Waals surface area contributed by atoms with Gasteiger partial charge in [0.1, 0.15) is 6.04 Å². The van der Waals surface area contributed by atoms with Gasteiger partial charge in [0.05, 0.1) is 23.2 Å². The number of fused-ring (bicyclic) bond motifs is 1. The van der Waals surface area contributed by atoms with E-state index in [2.05, 4.69) is 24.5 Å². The van der Waals surface area contributed by atoms with Crippen LogP contribution in [-0.2, 0) is 14.4 Å². The van der Waals surface area contributed by atoms with Gasteiger partial charge in [-0.3, -0.25) is 14.4 Å². The van der Waals surface area contributed by atoms with Crippen LogP contribution in [-0.4, -0.2) is 70.0 Å². The van der Waals surface area contributed by atoms with Crippen LogP contribution in [0.5, 0.6) is 0 Å². The van der Waals surface area contributed by atoms with Gasteiger partial charge in [0.15, 0.2) is 0 Å². The molecule has 158 valence electrons. The number of aliphatic hydroxyl groups is 1. The maximum absolute atomic E-state index is 13.4. The normalized spacial score (nSPS) is 35.9. The van der Waals surface area contributed by atoms with E-state index in [0.29, 0.717) is 13.1 Å². The number of β-amino-alcohol motifs (C(OH)–C–C–N with tert-alkyl or cyclic N) is 1. The van der Waals surface area contributed by atoms with Crippen LogP contribution in [0, 0.1) is 17.8 Å². The summed E-state index contributed by atoms with van der Waals surface area (Å²) in [5.41, 5.74) is 0. The third kappa shape index (κ3) is 3.22. The molecule has 1 spiro atoms. The molecule has 3 unspecified atom stereocenters. The molecule has 3 rings (SSSR count). The lowest BCUT2D eigenvalue weighted by molar-refractivity contribution is -0.140. The Labute approximate surface area is 171 Å². The van der Waals surface area contributed by atoms with E-state index in [-0.39, 0.29) is 42.0 Å². The Morgan fingerprint density at radius 3 is 2.57 bits per heavy atom. The van der Waals surface area contributed by atoms with Crippen molar-refractivity contribution < 1.29 is 19.5 Å². The lowest BCUT2D eigenvalue weighted by Gasteiger charge is -2.38. The molecular formula is C20H33N3O4S. The van der Waals surface area contributed by atoms with Crippen LogP contribution in [0.2, 0.25) is 0 Å². The SMILES string of the molecule is CCCCNC(=O)C1N(CCO)C(=O)[C@@H]2[C@H](C(=O)NCCC)[C@@H]3CC(C)C12S3. The van der Waals surface area contributed by atoms with Crippen molar-refractivity contribution in [3.63, 3.8) is 0 Å². The van der Waals surface area contributed by atoms with Crippen molar-refractivity contribution in [3.8, 4) is 0 Å². The lowest BCUT2D eigenvalue weighted by Crippen LogP contribution is -2.56.